The third-order valence-electron chi connectivity index (χ3n) is 4.64. The van der Waals surface area contributed by atoms with Crippen LogP contribution in [0.2, 0.25) is 0 Å². The van der Waals surface area contributed by atoms with Crippen molar-refractivity contribution >= 4 is 35.0 Å². The molecule has 2 amide bonds. The van der Waals surface area contributed by atoms with Crippen LogP contribution in [0.4, 0.5) is 11.4 Å². The Bertz CT molecular complexity index is 1020. The van der Waals surface area contributed by atoms with Gasteiger partial charge in [0.25, 0.3) is 0 Å². The zero-order valence-corrected chi connectivity index (χ0v) is 19.2. The Morgan fingerprint density at radius 3 is 2.25 bits per heavy atom. The van der Waals surface area contributed by atoms with E-state index in [9.17, 15) is 9.59 Å². The molecule has 0 aromatic heterocycles. The standard InChI is InChI=1S/C26H28N2O3S/c1-3-9-25(29)27-20-10-8-13-23(18-20)32-24(4-2)26(30)28-19-14-16-22(17-15-19)31-21-11-6-5-7-12-21/h5-8,10-18,24H,3-4,9H2,1-2H3,(H,27,29)(H,28,30). The van der Waals surface area contributed by atoms with Gasteiger partial charge in [0.1, 0.15) is 11.5 Å². The third kappa shape index (κ3) is 7.17. The summed E-state index contributed by atoms with van der Waals surface area (Å²) in [6, 6.07) is 24.5. The van der Waals surface area contributed by atoms with Crippen LogP contribution in [0.25, 0.3) is 0 Å². The molecule has 5 nitrogen and oxygen atoms in total. The molecule has 0 saturated heterocycles. The number of hydrogen-bond acceptors (Lipinski definition) is 4. The molecule has 3 rings (SSSR count). The predicted molar refractivity (Wildman–Crippen MR) is 132 cm³/mol. The van der Waals surface area contributed by atoms with Crippen LogP contribution in [-0.2, 0) is 9.59 Å². The van der Waals surface area contributed by atoms with Crippen LogP contribution >= 0.6 is 11.8 Å². The molecule has 0 aliphatic rings. The lowest BCUT2D eigenvalue weighted by Gasteiger charge is -2.16. The first kappa shape index (κ1) is 23.4. The molecule has 0 radical (unpaired) electrons. The van der Waals surface area contributed by atoms with Crippen molar-refractivity contribution in [3.63, 3.8) is 0 Å². The van der Waals surface area contributed by atoms with E-state index in [2.05, 4.69) is 10.6 Å². The minimum atomic E-state index is -0.253. The van der Waals surface area contributed by atoms with Gasteiger partial charge in [0, 0.05) is 22.7 Å². The van der Waals surface area contributed by atoms with E-state index in [1.807, 2.05) is 92.7 Å². The zero-order chi connectivity index (χ0) is 22.8. The van der Waals surface area contributed by atoms with Gasteiger partial charge in [-0.2, -0.15) is 0 Å². The van der Waals surface area contributed by atoms with Crippen molar-refractivity contribution < 1.29 is 14.3 Å². The molecule has 3 aromatic rings. The molecule has 1 unspecified atom stereocenters. The van der Waals surface area contributed by atoms with Crippen LogP contribution in [0.15, 0.2) is 83.8 Å². The van der Waals surface area contributed by atoms with Crippen molar-refractivity contribution in [1.82, 2.24) is 0 Å². The van der Waals surface area contributed by atoms with E-state index in [1.165, 1.54) is 11.8 Å². The number of para-hydroxylation sites is 1. The SMILES string of the molecule is CCCC(=O)Nc1cccc(SC(CC)C(=O)Nc2ccc(Oc3ccccc3)cc2)c1. The Hall–Kier alpha value is -3.25. The summed E-state index contributed by atoms with van der Waals surface area (Å²) in [6.07, 6.45) is 1.97. The Morgan fingerprint density at radius 1 is 0.844 bits per heavy atom. The first-order valence-electron chi connectivity index (χ1n) is 10.8. The van der Waals surface area contributed by atoms with Gasteiger partial charge in [-0.3, -0.25) is 9.59 Å². The lowest BCUT2D eigenvalue weighted by atomic mass is 10.2. The maximum Gasteiger partial charge on any atom is 0.237 e. The lowest BCUT2D eigenvalue weighted by molar-refractivity contribution is -0.116. The summed E-state index contributed by atoms with van der Waals surface area (Å²) in [6.45, 7) is 3.96. The van der Waals surface area contributed by atoms with Crippen molar-refractivity contribution in [3.05, 3.63) is 78.9 Å². The lowest BCUT2D eigenvalue weighted by Crippen LogP contribution is -2.24. The number of hydrogen-bond donors (Lipinski definition) is 2. The van der Waals surface area contributed by atoms with Gasteiger partial charge in [0.2, 0.25) is 11.8 Å². The number of benzene rings is 3. The molecule has 32 heavy (non-hydrogen) atoms. The van der Waals surface area contributed by atoms with Crippen LogP contribution in [0.5, 0.6) is 11.5 Å². The Kier molecular flexibility index (Phi) is 8.75. The molecule has 2 N–H and O–H groups in total. The summed E-state index contributed by atoms with van der Waals surface area (Å²) in [7, 11) is 0. The quantitative estimate of drug-likeness (QED) is 0.338. The van der Waals surface area contributed by atoms with Crippen LogP contribution in [0.1, 0.15) is 33.1 Å². The van der Waals surface area contributed by atoms with Gasteiger partial charge in [-0.25, -0.2) is 0 Å². The third-order valence-corrected chi connectivity index (χ3v) is 6.00. The molecular weight excluding hydrogens is 420 g/mol. The number of nitrogens with one attached hydrogen (secondary N) is 2. The largest absolute Gasteiger partial charge is 0.457 e. The van der Waals surface area contributed by atoms with E-state index in [4.69, 9.17) is 4.74 Å². The molecule has 3 aromatic carbocycles. The molecular formula is C26H28N2O3S. The molecule has 0 aliphatic carbocycles. The van der Waals surface area contributed by atoms with Gasteiger partial charge in [-0.1, -0.05) is 38.1 Å². The summed E-state index contributed by atoms with van der Waals surface area (Å²) in [5.74, 6) is 1.41. The molecule has 6 heteroatoms. The van der Waals surface area contributed by atoms with Crippen molar-refractivity contribution in [1.29, 1.82) is 0 Å². The highest BCUT2D eigenvalue weighted by Crippen LogP contribution is 2.29. The average Bonchev–Trinajstić information content (AvgIpc) is 2.80. The number of thioether (sulfide) groups is 1. The Balaban J connectivity index is 1.58. The van der Waals surface area contributed by atoms with Gasteiger partial charge in [0.05, 0.1) is 5.25 Å². The maximum atomic E-state index is 12.8. The monoisotopic (exact) mass is 448 g/mol. The van der Waals surface area contributed by atoms with Crippen molar-refractivity contribution in [2.75, 3.05) is 10.6 Å². The summed E-state index contributed by atoms with van der Waals surface area (Å²) >= 11 is 1.49. The number of rotatable bonds is 10. The minimum Gasteiger partial charge on any atom is -0.457 e. The van der Waals surface area contributed by atoms with Gasteiger partial charge in [0.15, 0.2) is 0 Å². The number of amides is 2. The highest BCUT2D eigenvalue weighted by molar-refractivity contribution is 8.00. The fourth-order valence-corrected chi connectivity index (χ4v) is 4.05. The summed E-state index contributed by atoms with van der Waals surface area (Å²) < 4.78 is 5.79. The minimum absolute atomic E-state index is 0.000810. The number of carbonyl (C=O) groups is 2. The smallest absolute Gasteiger partial charge is 0.237 e. The topological polar surface area (TPSA) is 67.4 Å². The molecule has 0 aliphatic heterocycles. The van der Waals surface area contributed by atoms with Crippen LogP contribution < -0.4 is 15.4 Å². The molecule has 0 spiro atoms. The van der Waals surface area contributed by atoms with Gasteiger partial charge < -0.3 is 15.4 Å². The van der Waals surface area contributed by atoms with Gasteiger partial charge in [-0.15, -0.1) is 11.8 Å². The second-order valence-corrected chi connectivity index (χ2v) is 8.55. The number of carbonyl (C=O) groups excluding carboxylic acids is 2. The molecule has 0 fully saturated rings. The Morgan fingerprint density at radius 2 is 1.56 bits per heavy atom. The highest BCUT2D eigenvalue weighted by atomic mass is 32.2. The van der Waals surface area contributed by atoms with Gasteiger partial charge >= 0.3 is 0 Å². The summed E-state index contributed by atoms with van der Waals surface area (Å²) in [4.78, 5) is 25.6. The van der Waals surface area contributed by atoms with Crippen molar-refractivity contribution in [3.8, 4) is 11.5 Å². The van der Waals surface area contributed by atoms with Crippen molar-refractivity contribution in [2.45, 2.75) is 43.3 Å². The van der Waals surface area contributed by atoms with E-state index in [-0.39, 0.29) is 17.1 Å². The Labute approximate surface area is 193 Å². The summed E-state index contributed by atoms with van der Waals surface area (Å²) in [5.41, 5.74) is 1.47. The number of anilines is 2. The highest BCUT2D eigenvalue weighted by Gasteiger charge is 2.18. The van der Waals surface area contributed by atoms with E-state index >= 15 is 0 Å². The average molecular weight is 449 g/mol. The van der Waals surface area contributed by atoms with E-state index in [0.717, 1.165) is 28.4 Å². The van der Waals surface area contributed by atoms with Gasteiger partial charge in [-0.05, 0) is 67.4 Å². The van der Waals surface area contributed by atoms with E-state index in [0.29, 0.717) is 18.6 Å². The molecule has 166 valence electrons. The molecule has 0 bridgehead atoms. The first-order valence-corrected chi connectivity index (χ1v) is 11.7. The fraction of sp³-hybridized carbons (Fsp3) is 0.231. The summed E-state index contributed by atoms with van der Waals surface area (Å²) in [5, 5.41) is 5.63. The second-order valence-electron chi connectivity index (χ2n) is 7.27. The molecule has 0 saturated carbocycles. The van der Waals surface area contributed by atoms with Crippen molar-refractivity contribution in [2.24, 2.45) is 0 Å². The maximum absolute atomic E-state index is 12.8. The second kappa shape index (κ2) is 12.0. The molecule has 0 heterocycles. The number of ether oxygens (including phenoxy) is 1. The molecule has 1 atom stereocenters. The van der Waals surface area contributed by atoms with Crippen LogP contribution in [0, 0.1) is 0 Å². The van der Waals surface area contributed by atoms with E-state index < -0.39 is 0 Å². The fourth-order valence-electron chi connectivity index (χ4n) is 3.04. The normalized spacial score (nSPS) is 11.4. The zero-order valence-electron chi connectivity index (χ0n) is 18.3. The van der Waals surface area contributed by atoms with Crippen LogP contribution in [-0.4, -0.2) is 17.1 Å². The first-order chi connectivity index (χ1) is 15.6. The van der Waals surface area contributed by atoms with E-state index in [1.54, 1.807) is 0 Å². The predicted octanol–water partition coefficient (Wildman–Crippen LogP) is 6.73. The van der Waals surface area contributed by atoms with Crippen LogP contribution in [0.3, 0.4) is 0 Å².